The van der Waals surface area contributed by atoms with Gasteiger partial charge in [-0.25, -0.2) is 4.98 Å². The monoisotopic (exact) mass is 394 g/mol. The van der Waals surface area contributed by atoms with Gasteiger partial charge in [-0.05, 0) is 36.4 Å². The van der Waals surface area contributed by atoms with Crippen molar-refractivity contribution in [2.24, 2.45) is 0 Å². The van der Waals surface area contributed by atoms with Crippen LogP contribution in [0.25, 0.3) is 0 Å². The highest BCUT2D eigenvalue weighted by Gasteiger charge is 2.20. The summed E-state index contributed by atoms with van der Waals surface area (Å²) in [7, 11) is 0. The van der Waals surface area contributed by atoms with Crippen LogP contribution in [0.2, 0.25) is 5.02 Å². The molecular weight excluding hydrogens is 376 g/mol. The number of hydrogen-bond acceptors (Lipinski definition) is 6. The highest BCUT2D eigenvalue weighted by molar-refractivity contribution is 6.33. The van der Waals surface area contributed by atoms with Gasteiger partial charge >= 0.3 is 0 Å². The molecule has 0 aliphatic carbocycles. The smallest absolute Gasteiger partial charge is 0.276 e. The van der Waals surface area contributed by atoms with Crippen molar-refractivity contribution < 1.29 is 4.79 Å². The van der Waals surface area contributed by atoms with Crippen LogP contribution >= 0.6 is 11.6 Å². The lowest BCUT2D eigenvalue weighted by atomic mass is 10.2. The van der Waals surface area contributed by atoms with Crippen LogP contribution in [0.5, 0.6) is 0 Å². The summed E-state index contributed by atoms with van der Waals surface area (Å²) < 4.78 is 0. The first kappa shape index (κ1) is 18.2. The van der Waals surface area contributed by atoms with Gasteiger partial charge in [-0.3, -0.25) is 4.79 Å². The Kier molecular flexibility index (Phi) is 5.34. The molecule has 1 saturated heterocycles. The largest absolute Gasteiger partial charge is 0.353 e. The van der Waals surface area contributed by atoms with Crippen LogP contribution in [0.1, 0.15) is 10.5 Å². The number of aromatic nitrogens is 3. The maximum Gasteiger partial charge on any atom is 0.276 e. The van der Waals surface area contributed by atoms with Crippen LogP contribution in [0.15, 0.2) is 60.8 Å². The van der Waals surface area contributed by atoms with E-state index in [1.807, 2.05) is 24.3 Å². The van der Waals surface area contributed by atoms with E-state index in [1.54, 1.807) is 36.5 Å². The minimum absolute atomic E-state index is 0.246. The third-order valence-corrected chi connectivity index (χ3v) is 4.91. The lowest BCUT2D eigenvalue weighted by Crippen LogP contribution is -2.47. The molecule has 28 heavy (non-hydrogen) atoms. The highest BCUT2D eigenvalue weighted by Crippen LogP contribution is 2.21. The Morgan fingerprint density at radius 1 is 0.857 bits per heavy atom. The normalized spacial score (nSPS) is 14.0. The number of hydrogen-bond donors (Lipinski definition) is 1. The van der Waals surface area contributed by atoms with Crippen molar-refractivity contribution in [3.63, 3.8) is 0 Å². The van der Waals surface area contributed by atoms with Crippen LogP contribution in [0, 0.1) is 0 Å². The van der Waals surface area contributed by atoms with Crippen molar-refractivity contribution in [3.8, 4) is 0 Å². The number of piperazine rings is 1. The van der Waals surface area contributed by atoms with Gasteiger partial charge in [0, 0.05) is 32.4 Å². The van der Waals surface area contributed by atoms with Crippen molar-refractivity contribution in [2.75, 3.05) is 41.3 Å². The topological polar surface area (TPSA) is 74.2 Å². The Morgan fingerprint density at radius 3 is 2.21 bits per heavy atom. The molecule has 1 aliphatic heterocycles. The summed E-state index contributed by atoms with van der Waals surface area (Å²) in [6, 6.07) is 16.5. The number of carbonyl (C=O) groups is 1. The Bertz CT molecular complexity index is 942. The molecule has 142 valence electrons. The summed E-state index contributed by atoms with van der Waals surface area (Å²) in [6.45, 7) is 3.34. The SMILES string of the molecule is O=C(Nc1ccccc1Cl)c1ccc(N2CCN(c3ccccn3)CC2)nn1. The van der Waals surface area contributed by atoms with E-state index in [2.05, 4.69) is 30.3 Å². The zero-order valence-electron chi connectivity index (χ0n) is 15.1. The Hall–Kier alpha value is -3.19. The fourth-order valence-corrected chi connectivity index (χ4v) is 3.25. The van der Waals surface area contributed by atoms with E-state index in [-0.39, 0.29) is 11.6 Å². The molecule has 3 aromatic rings. The molecule has 1 amide bonds. The predicted octanol–water partition coefficient (Wildman–Crippen LogP) is 3.10. The van der Waals surface area contributed by atoms with Gasteiger partial charge in [0.2, 0.25) is 0 Å². The molecular formula is C20H19ClN6O. The molecule has 8 heteroatoms. The number of halogens is 1. The molecule has 4 rings (SSSR count). The summed E-state index contributed by atoms with van der Waals surface area (Å²) in [6.07, 6.45) is 1.81. The van der Waals surface area contributed by atoms with Crippen LogP contribution in [0.3, 0.4) is 0 Å². The molecule has 1 N–H and O–H groups in total. The minimum atomic E-state index is -0.341. The number of pyridine rings is 1. The van der Waals surface area contributed by atoms with Crippen LogP contribution in [-0.4, -0.2) is 47.3 Å². The van der Waals surface area contributed by atoms with E-state index in [1.165, 1.54) is 0 Å². The number of para-hydroxylation sites is 1. The number of nitrogens with zero attached hydrogens (tertiary/aromatic N) is 5. The van der Waals surface area contributed by atoms with Gasteiger partial charge < -0.3 is 15.1 Å². The summed E-state index contributed by atoms with van der Waals surface area (Å²) in [5, 5.41) is 11.5. The second-order valence-corrected chi connectivity index (χ2v) is 6.78. The van der Waals surface area contributed by atoms with Gasteiger partial charge in [-0.15, -0.1) is 10.2 Å². The van der Waals surface area contributed by atoms with Crippen molar-refractivity contribution in [2.45, 2.75) is 0 Å². The molecule has 1 fully saturated rings. The molecule has 3 heterocycles. The van der Waals surface area contributed by atoms with Gasteiger partial charge in [-0.1, -0.05) is 29.8 Å². The Balaban J connectivity index is 1.37. The number of benzene rings is 1. The van der Waals surface area contributed by atoms with Gasteiger partial charge in [0.15, 0.2) is 11.5 Å². The number of nitrogens with one attached hydrogen (secondary N) is 1. The van der Waals surface area contributed by atoms with Gasteiger partial charge in [0.05, 0.1) is 10.7 Å². The average Bonchev–Trinajstić information content (AvgIpc) is 2.76. The van der Waals surface area contributed by atoms with E-state index < -0.39 is 0 Å². The molecule has 0 bridgehead atoms. The van der Waals surface area contributed by atoms with E-state index in [0.717, 1.165) is 37.8 Å². The quantitative estimate of drug-likeness (QED) is 0.733. The van der Waals surface area contributed by atoms with Crippen molar-refractivity contribution in [3.05, 3.63) is 71.5 Å². The average molecular weight is 395 g/mol. The fraction of sp³-hybridized carbons (Fsp3) is 0.200. The lowest BCUT2D eigenvalue weighted by Gasteiger charge is -2.35. The third-order valence-electron chi connectivity index (χ3n) is 4.58. The number of carbonyl (C=O) groups excluding carboxylic acids is 1. The van der Waals surface area contributed by atoms with Gasteiger partial charge in [0.1, 0.15) is 5.82 Å². The molecule has 2 aromatic heterocycles. The third kappa shape index (κ3) is 4.04. The maximum atomic E-state index is 12.4. The standard InChI is InChI=1S/C20H19ClN6O/c21-15-5-1-2-6-16(15)23-20(28)17-8-9-19(25-24-17)27-13-11-26(12-14-27)18-7-3-4-10-22-18/h1-10H,11-14H2,(H,23,28). The molecule has 1 aliphatic rings. The maximum absolute atomic E-state index is 12.4. The zero-order valence-corrected chi connectivity index (χ0v) is 15.9. The van der Waals surface area contributed by atoms with Gasteiger partial charge in [-0.2, -0.15) is 0 Å². The summed E-state index contributed by atoms with van der Waals surface area (Å²) in [5.41, 5.74) is 0.793. The second-order valence-electron chi connectivity index (χ2n) is 6.37. The first-order valence-corrected chi connectivity index (χ1v) is 9.39. The van der Waals surface area contributed by atoms with Gasteiger partial charge in [0.25, 0.3) is 5.91 Å². The van der Waals surface area contributed by atoms with E-state index >= 15 is 0 Å². The van der Waals surface area contributed by atoms with Crippen molar-refractivity contribution >= 4 is 34.8 Å². The highest BCUT2D eigenvalue weighted by atomic mass is 35.5. The molecule has 0 saturated carbocycles. The molecule has 0 spiro atoms. The first-order valence-electron chi connectivity index (χ1n) is 9.01. The second kappa shape index (κ2) is 8.22. The minimum Gasteiger partial charge on any atom is -0.353 e. The summed E-state index contributed by atoms with van der Waals surface area (Å²) in [4.78, 5) is 21.2. The summed E-state index contributed by atoms with van der Waals surface area (Å²) >= 11 is 6.07. The molecule has 0 unspecified atom stereocenters. The molecule has 0 atom stereocenters. The Labute approximate surface area is 168 Å². The predicted molar refractivity (Wildman–Crippen MR) is 110 cm³/mol. The lowest BCUT2D eigenvalue weighted by molar-refractivity contribution is 0.102. The van der Waals surface area contributed by atoms with E-state index in [4.69, 9.17) is 11.6 Å². The fourth-order valence-electron chi connectivity index (χ4n) is 3.07. The Morgan fingerprint density at radius 2 is 1.57 bits per heavy atom. The zero-order chi connectivity index (χ0) is 19.3. The van der Waals surface area contributed by atoms with Crippen LogP contribution < -0.4 is 15.1 Å². The van der Waals surface area contributed by atoms with Crippen LogP contribution in [0.4, 0.5) is 17.3 Å². The molecule has 1 aromatic carbocycles. The molecule has 7 nitrogen and oxygen atoms in total. The first-order chi connectivity index (χ1) is 13.7. The van der Waals surface area contributed by atoms with Crippen molar-refractivity contribution in [1.82, 2.24) is 15.2 Å². The van der Waals surface area contributed by atoms with Crippen LogP contribution in [-0.2, 0) is 0 Å². The van der Waals surface area contributed by atoms with E-state index in [9.17, 15) is 4.79 Å². The number of anilines is 3. The number of amides is 1. The summed E-state index contributed by atoms with van der Waals surface area (Å²) in [5.74, 6) is 1.40. The van der Waals surface area contributed by atoms with E-state index in [0.29, 0.717) is 10.7 Å². The number of rotatable bonds is 4. The molecule has 0 radical (unpaired) electrons. The van der Waals surface area contributed by atoms with Crippen molar-refractivity contribution in [1.29, 1.82) is 0 Å².